The normalized spacial score (nSPS) is 20.0. The molecule has 0 amide bonds. The maximum absolute atomic E-state index is 10.9. The molecule has 1 aromatic rings. The highest BCUT2D eigenvalue weighted by atomic mass is 16.4. The summed E-state index contributed by atoms with van der Waals surface area (Å²) in [6.45, 7) is 0. The molecular formula is C8H9NO3. The van der Waals surface area contributed by atoms with Crippen molar-refractivity contribution in [3.05, 3.63) is 18.4 Å². The van der Waals surface area contributed by atoms with Crippen LogP contribution in [-0.4, -0.2) is 16.1 Å². The van der Waals surface area contributed by atoms with Crippen molar-refractivity contribution >= 4 is 5.97 Å². The SMILES string of the molecule is O=C(O)C1(c2cnco2)CCC1. The number of aromatic nitrogens is 1. The lowest BCUT2D eigenvalue weighted by Gasteiger charge is -2.34. The monoisotopic (exact) mass is 167 g/mol. The minimum absolute atomic E-state index is 0.487. The maximum Gasteiger partial charge on any atom is 0.317 e. The summed E-state index contributed by atoms with van der Waals surface area (Å²) in [5.74, 6) is -0.313. The Morgan fingerprint density at radius 1 is 1.67 bits per heavy atom. The zero-order valence-electron chi connectivity index (χ0n) is 6.49. The van der Waals surface area contributed by atoms with Crippen LogP contribution in [0, 0.1) is 0 Å². The van der Waals surface area contributed by atoms with E-state index in [9.17, 15) is 4.79 Å². The lowest BCUT2D eigenvalue weighted by Crippen LogP contribution is -2.41. The Labute approximate surface area is 69.2 Å². The van der Waals surface area contributed by atoms with Crippen LogP contribution in [-0.2, 0) is 10.2 Å². The number of rotatable bonds is 2. The molecule has 1 aliphatic rings. The highest BCUT2D eigenvalue weighted by molar-refractivity contribution is 5.81. The molecule has 1 heterocycles. The Bertz CT molecular complexity index is 287. The first-order chi connectivity index (χ1) is 5.76. The molecule has 1 N–H and O–H groups in total. The fourth-order valence-corrected chi connectivity index (χ4v) is 1.55. The Kier molecular flexibility index (Phi) is 1.43. The van der Waals surface area contributed by atoms with E-state index < -0.39 is 11.4 Å². The van der Waals surface area contributed by atoms with Crippen molar-refractivity contribution in [3.63, 3.8) is 0 Å². The zero-order valence-corrected chi connectivity index (χ0v) is 6.49. The van der Waals surface area contributed by atoms with E-state index in [1.54, 1.807) is 0 Å². The van der Waals surface area contributed by atoms with Gasteiger partial charge in [0.2, 0.25) is 0 Å². The van der Waals surface area contributed by atoms with Crippen molar-refractivity contribution < 1.29 is 14.3 Å². The second-order valence-corrected chi connectivity index (χ2v) is 3.11. The molecule has 0 atom stereocenters. The summed E-state index contributed by atoms with van der Waals surface area (Å²) in [7, 11) is 0. The van der Waals surface area contributed by atoms with Crippen LogP contribution >= 0.6 is 0 Å². The molecule has 0 aliphatic heterocycles. The number of hydrogen-bond acceptors (Lipinski definition) is 3. The predicted molar refractivity (Wildman–Crippen MR) is 39.7 cm³/mol. The molecule has 0 radical (unpaired) electrons. The lowest BCUT2D eigenvalue weighted by molar-refractivity contribution is -0.148. The Hall–Kier alpha value is -1.32. The summed E-state index contributed by atoms with van der Waals surface area (Å²) in [5, 5.41) is 8.97. The molecule has 64 valence electrons. The number of hydrogen-bond donors (Lipinski definition) is 1. The molecule has 0 spiro atoms. The topological polar surface area (TPSA) is 63.3 Å². The van der Waals surface area contributed by atoms with Gasteiger partial charge in [-0.05, 0) is 12.8 Å². The smallest absolute Gasteiger partial charge is 0.317 e. The number of nitrogens with zero attached hydrogens (tertiary/aromatic N) is 1. The van der Waals surface area contributed by atoms with Crippen LogP contribution in [0.4, 0.5) is 0 Å². The molecule has 0 unspecified atom stereocenters. The van der Waals surface area contributed by atoms with E-state index in [4.69, 9.17) is 9.52 Å². The summed E-state index contributed by atoms with van der Waals surface area (Å²) in [5.41, 5.74) is -0.767. The summed E-state index contributed by atoms with van der Waals surface area (Å²) in [6.07, 6.45) is 5.05. The van der Waals surface area contributed by atoms with E-state index >= 15 is 0 Å². The van der Waals surface area contributed by atoms with Gasteiger partial charge in [-0.15, -0.1) is 0 Å². The van der Waals surface area contributed by atoms with Crippen LogP contribution in [0.2, 0.25) is 0 Å². The van der Waals surface area contributed by atoms with Crippen LogP contribution in [0.1, 0.15) is 25.0 Å². The number of carboxylic acid groups (broad SMARTS) is 1. The molecule has 0 saturated heterocycles. The summed E-state index contributed by atoms with van der Waals surface area (Å²) >= 11 is 0. The Morgan fingerprint density at radius 3 is 2.75 bits per heavy atom. The molecule has 0 bridgehead atoms. The van der Waals surface area contributed by atoms with E-state index in [0.29, 0.717) is 18.6 Å². The highest BCUT2D eigenvalue weighted by Crippen LogP contribution is 2.43. The van der Waals surface area contributed by atoms with Crippen molar-refractivity contribution in [3.8, 4) is 0 Å². The maximum atomic E-state index is 10.9. The first-order valence-corrected chi connectivity index (χ1v) is 3.88. The van der Waals surface area contributed by atoms with Gasteiger partial charge in [0.15, 0.2) is 6.39 Å². The number of aliphatic carboxylic acids is 1. The van der Waals surface area contributed by atoms with Crippen LogP contribution in [0.5, 0.6) is 0 Å². The quantitative estimate of drug-likeness (QED) is 0.718. The summed E-state index contributed by atoms with van der Waals surface area (Å²) in [6, 6.07) is 0. The third-order valence-electron chi connectivity index (χ3n) is 2.52. The number of carboxylic acids is 1. The largest absolute Gasteiger partial charge is 0.480 e. The van der Waals surface area contributed by atoms with Crippen molar-refractivity contribution in [2.75, 3.05) is 0 Å². The average molecular weight is 167 g/mol. The third kappa shape index (κ3) is 0.776. The third-order valence-corrected chi connectivity index (χ3v) is 2.52. The fraction of sp³-hybridized carbons (Fsp3) is 0.500. The lowest BCUT2D eigenvalue weighted by atomic mass is 9.67. The van der Waals surface area contributed by atoms with Gasteiger partial charge in [-0.3, -0.25) is 4.79 Å². The van der Waals surface area contributed by atoms with E-state index in [-0.39, 0.29) is 0 Å². The fourth-order valence-electron chi connectivity index (χ4n) is 1.55. The van der Waals surface area contributed by atoms with Gasteiger partial charge in [0.25, 0.3) is 0 Å². The molecule has 1 saturated carbocycles. The van der Waals surface area contributed by atoms with Crippen LogP contribution in [0.15, 0.2) is 17.0 Å². The number of carbonyl (C=O) groups is 1. The van der Waals surface area contributed by atoms with Gasteiger partial charge in [0.05, 0.1) is 6.20 Å². The first-order valence-electron chi connectivity index (χ1n) is 3.88. The van der Waals surface area contributed by atoms with Gasteiger partial charge in [0.1, 0.15) is 11.2 Å². The Balaban J connectivity index is 2.35. The molecule has 2 rings (SSSR count). The predicted octanol–water partition coefficient (Wildman–Crippen LogP) is 1.18. The van der Waals surface area contributed by atoms with Gasteiger partial charge in [-0.25, -0.2) is 4.98 Å². The van der Waals surface area contributed by atoms with E-state index in [1.165, 1.54) is 12.6 Å². The van der Waals surface area contributed by atoms with Gasteiger partial charge >= 0.3 is 5.97 Å². The summed E-state index contributed by atoms with van der Waals surface area (Å²) in [4.78, 5) is 14.6. The molecule has 4 nitrogen and oxygen atoms in total. The second kappa shape index (κ2) is 2.33. The van der Waals surface area contributed by atoms with E-state index in [1.807, 2.05) is 0 Å². The van der Waals surface area contributed by atoms with Crippen LogP contribution in [0.3, 0.4) is 0 Å². The molecule has 1 fully saturated rings. The van der Waals surface area contributed by atoms with Crippen molar-refractivity contribution in [2.24, 2.45) is 0 Å². The Morgan fingerprint density at radius 2 is 2.42 bits per heavy atom. The minimum atomic E-state index is -0.800. The molecule has 1 aromatic heterocycles. The van der Waals surface area contributed by atoms with Gasteiger partial charge in [-0.1, -0.05) is 6.42 Å². The van der Waals surface area contributed by atoms with E-state index in [2.05, 4.69) is 4.98 Å². The van der Waals surface area contributed by atoms with Gasteiger partial charge in [-0.2, -0.15) is 0 Å². The molecule has 12 heavy (non-hydrogen) atoms. The zero-order chi connectivity index (χ0) is 8.60. The molecule has 4 heteroatoms. The van der Waals surface area contributed by atoms with Crippen molar-refractivity contribution in [1.29, 1.82) is 0 Å². The van der Waals surface area contributed by atoms with Gasteiger partial charge < -0.3 is 9.52 Å². The molecular weight excluding hydrogens is 158 g/mol. The highest BCUT2D eigenvalue weighted by Gasteiger charge is 2.48. The van der Waals surface area contributed by atoms with Gasteiger partial charge in [0, 0.05) is 0 Å². The van der Waals surface area contributed by atoms with Crippen molar-refractivity contribution in [1.82, 2.24) is 4.98 Å². The average Bonchev–Trinajstić information content (AvgIpc) is 2.35. The molecule has 1 aliphatic carbocycles. The van der Waals surface area contributed by atoms with Crippen LogP contribution in [0.25, 0.3) is 0 Å². The minimum Gasteiger partial charge on any atom is -0.480 e. The molecule has 0 aromatic carbocycles. The van der Waals surface area contributed by atoms with Crippen LogP contribution < -0.4 is 0 Å². The first kappa shape index (κ1) is 7.34. The van der Waals surface area contributed by atoms with E-state index in [0.717, 1.165) is 6.42 Å². The van der Waals surface area contributed by atoms with Crippen molar-refractivity contribution in [2.45, 2.75) is 24.7 Å². The second-order valence-electron chi connectivity index (χ2n) is 3.11. The summed E-state index contributed by atoms with van der Waals surface area (Å²) < 4.78 is 5.01. The number of oxazole rings is 1. The standard InChI is InChI=1S/C8H9NO3/c10-7(11)8(2-1-3-8)6-4-9-5-12-6/h4-5H,1-3H2,(H,10,11).